The van der Waals surface area contributed by atoms with E-state index in [-0.39, 0.29) is 11.9 Å². The Morgan fingerprint density at radius 1 is 1.38 bits per heavy atom. The molecule has 0 radical (unpaired) electrons. The summed E-state index contributed by atoms with van der Waals surface area (Å²) in [4.78, 5) is 26.7. The number of rotatable bonds is 4. The summed E-state index contributed by atoms with van der Waals surface area (Å²) in [5, 5.41) is 9.62. The van der Waals surface area contributed by atoms with E-state index in [0.717, 1.165) is 11.3 Å². The van der Waals surface area contributed by atoms with Crippen LogP contribution in [0.4, 0.5) is 5.69 Å². The average Bonchev–Trinajstić information content (AvgIpc) is 3.17. The van der Waals surface area contributed by atoms with Crippen molar-refractivity contribution in [2.75, 3.05) is 4.90 Å². The molecule has 4 rings (SSSR count). The number of nitrogens with zero attached hydrogens (tertiary/aromatic N) is 1. The number of hydrogen-bond donors (Lipinski definition) is 1. The van der Waals surface area contributed by atoms with Crippen molar-refractivity contribution < 1.29 is 19.4 Å². The van der Waals surface area contributed by atoms with Crippen LogP contribution in [0.25, 0.3) is 0 Å². The molecule has 3 heterocycles. The zero-order valence-electron chi connectivity index (χ0n) is 13.4. The van der Waals surface area contributed by atoms with Crippen molar-refractivity contribution in [2.24, 2.45) is 11.8 Å². The number of carboxylic acid groups (broad SMARTS) is 1. The van der Waals surface area contributed by atoms with Gasteiger partial charge in [0.15, 0.2) is 0 Å². The first-order valence-corrected chi connectivity index (χ1v) is 8.08. The molecule has 1 aromatic rings. The molecule has 1 aromatic carbocycles. The molecular weight excluding hydrogens is 306 g/mol. The van der Waals surface area contributed by atoms with Gasteiger partial charge < -0.3 is 14.7 Å². The number of carbonyl (C=O) groups is 2. The van der Waals surface area contributed by atoms with E-state index in [1.54, 1.807) is 11.0 Å². The summed E-state index contributed by atoms with van der Waals surface area (Å²) in [6.45, 7) is 5.90. The largest absolute Gasteiger partial charge is 0.481 e. The van der Waals surface area contributed by atoms with Crippen LogP contribution >= 0.6 is 0 Å². The van der Waals surface area contributed by atoms with Gasteiger partial charge in [-0.15, -0.1) is 6.58 Å². The predicted octanol–water partition coefficient (Wildman–Crippen LogP) is 2.39. The fourth-order valence-electron chi connectivity index (χ4n) is 4.41. The highest BCUT2D eigenvalue weighted by Crippen LogP contribution is 2.56. The summed E-state index contributed by atoms with van der Waals surface area (Å²) in [6.07, 6.45) is 3.74. The second-order valence-corrected chi connectivity index (χ2v) is 6.86. The molecule has 3 aliphatic rings. The van der Waals surface area contributed by atoms with Gasteiger partial charge in [0, 0.05) is 5.69 Å². The lowest BCUT2D eigenvalue weighted by Crippen LogP contribution is -2.45. The van der Waals surface area contributed by atoms with Crippen molar-refractivity contribution in [3.05, 3.63) is 54.6 Å². The quantitative estimate of drug-likeness (QED) is 0.863. The summed E-state index contributed by atoms with van der Waals surface area (Å²) < 4.78 is 6.10. The van der Waals surface area contributed by atoms with Crippen LogP contribution in [-0.4, -0.2) is 34.7 Å². The zero-order chi connectivity index (χ0) is 17.1. The average molecular weight is 325 g/mol. The van der Waals surface area contributed by atoms with E-state index in [4.69, 9.17) is 4.74 Å². The van der Waals surface area contributed by atoms with Gasteiger partial charge in [0.2, 0.25) is 5.91 Å². The molecule has 2 bridgehead atoms. The fraction of sp³-hybridized carbons (Fsp3) is 0.368. The Labute approximate surface area is 140 Å². The molecule has 0 aliphatic carbocycles. The van der Waals surface area contributed by atoms with Crippen LogP contribution in [0.5, 0.6) is 0 Å². The number of para-hydroxylation sites is 1. The first kappa shape index (κ1) is 15.1. The normalized spacial score (nSPS) is 36.2. The van der Waals surface area contributed by atoms with E-state index in [2.05, 4.69) is 6.58 Å². The van der Waals surface area contributed by atoms with E-state index in [1.165, 1.54) is 0 Å². The van der Waals surface area contributed by atoms with E-state index < -0.39 is 29.5 Å². The Kier molecular flexibility index (Phi) is 3.18. The third kappa shape index (κ3) is 1.85. The van der Waals surface area contributed by atoms with Gasteiger partial charge in [0.05, 0.1) is 18.1 Å². The van der Waals surface area contributed by atoms with Crippen LogP contribution in [0, 0.1) is 11.8 Å². The Bertz CT molecular complexity index is 756. The molecule has 0 saturated carbocycles. The van der Waals surface area contributed by atoms with Gasteiger partial charge in [-0.3, -0.25) is 9.59 Å². The number of benzene rings is 1. The second kappa shape index (κ2) is 5.05. The molecule has 2 fully saturated rings. The lowest BCUT2D eigenvalue weighted by Gasteiger charge is -2.33. The predicted molar refractivity (Wildman–Crippen MR) is 88.5 cm³/mol. The van der Waals surface area contributed by atoms with Gasteiger partial charge in [-0.2, -0.15) is 0 Å². The number of aliphatic carboxylic acids is 1. The van der Waals surface area contributed by atoms with E-state index in [9.17, 15) is 14.7 Å². The minimum Gasteiger partial charge on any atom is -0.481 e. The lowest BCUT2D eigenvalue weighted by molar-refractivity contribution is -0.146. The number of carbonyl (C=O) groups excluding carboxylic acids is 1. The molecule has 24 heavy (non-hydrogen) atoms. The minimum absolute atomic E-state index is 0.174. The van der Waals surface area contributed by atoms with Crippen LogP contribution < -0.4 is 4.90 Å². The number of carboxylic acids is 1. The Balaban J connectivity index is 1.85. The molecule has 2 saturated heterocycles. The number of ether oxygens (including phenoxy) is 1. The molecule has 3 aliphatic heterocycles. The maximum atomic E-state index is 13.2. The monoisotopic (exact) mass is 325 g/mol. The fourth-order valence-corrected chi connectivity index (χ4v) is 4.41. The Morgan fingerprint density at radius 2 is 2.08 bits per heavy atom. The van der Waals surface area contributed by atoms with Gasteiger partial charge in [0.1, 0.15) is 11.5 Å². The molecule has 1 N–H and O–H groups in total. The van der Waals surface area contributed by atoms with Crippen LogP contribution in [0.1, 0.15) is 13.3 Å². The summed E-state index contributed by atoms with van der Waals surface area (Å²) in [7, 11) is 0. The van der Waals surface area contributed by atoms with Crippen molar-refractivity contribution in [1.82, 2.24) is 0 Å². The molecule has 1 spiro atoms. The van der Waals surface area contributed by atoms with E-state index in [1.807, 2.05) is 43.3 Å². The van der Waals surface area contributed by atoms with Crippen molar-refractivity contribution >= 4 is 17.6 Å². The van der Waals surface area contributed by atoms with Gasteiger partial charge >= 0.3 is 5.97 Å². The zero-order valence-corrected chi connectivity index (χ0v) is 13.4. The molecule has 5 heteroatoms. The first-order valence-electron chi connectivity index (χ1n) is 8.08. The molecule has 1 amide bonds. The van der Waals surface area contributed by atoms with Crippen molar-refractivity contribution in [1.29, 1.82) is 0 Å². The van der Waals surface area contributed by atoms with Crippen molar-refractivity contribution in [3.8, 4) is 0 Å². The Hall–Kier alpha value is -2.40. The van der Waals surface area contributed by atoms with Crippen LogP contribution in [0.3, 0.4) is 0 Å². The van der Waals surface area contributed by atoms with Gasteiger partial charge in [-0.1, -0.05) is 35.9 Å². The molecule has 5 atom stereocenters. The minimum atomic E-state index is -0.978. The van der Waals surface area contributed by atoms with Crippen LogP contribution in [-0.2, 0) is 14.3 Å². The first-order chi connectivity index (χ1) is 11.5. The molecule has 5 nitrogen and oxygen atoms in total. The number of hydrogen-bond acceptors (Lipinski definition) is 3. The number of anilines is 1. The molecule has 124 valence electrons. The Morgan fingerprint density at radius 3 is 2.71 bits per heavy atom. The maximum absolute atomic E-state index is 13.2. The summed E-state index contributed by atoms with van der Waals surface area (Å²) >= 11 is 0. The topological polar surface area (TPSA) is 66.8 Å². The SMILES string of the molecule is C=C(C)C[C@H]1N(c2ccccc2)C(=O)[C@H]2[C@@H](C(=O)O)[C@@H]3C=C[C@@]21O3. The molecule has 0 unspecified atom stereocenters. The summed E-state index contributed by atoms with van der Waals surface area (Å²) in [5.74, 6) is -2.67. The highest BCUT2D eigenvalue weighted by molar-refractivity contribution is 6.03. The van der Waals surface area contributed by atoms with Gasteiger partial charge in [-0.05, 0) is 25.5 Å². The smallest absolute Gasteiger partial charge is 0.310 e. The summed E-state index contributed by atoms with van der Waals surface area (Å²) in [6, 6.07) is 9.09. The van der Waals surface area contributed by atoms with E-state index in [0.29, 0.717) is 6.42 Å². The number of fused-ring (bicyclic) bond motifs is 1. The third-order valence-electron chi connectivity index (χ3n) is 5.28. The lowest BCUT2D eigenvalue weighted by atomic mass is 9.74. The van der Waals surface area contributed by atoms with E-state index >= 15 is 0 Å². The van der Waals surface area contributed by atoms with Crippen molar-refractivity contribution in [3.63, 3.8) is 0 Å². The standard InChI is InChI=1S/C19H19NO4/c1-11(2)10-14-19-9-8-13(24-19)15(18(22)23)16(19)17(21)20(14)12-6-4-3-5-7-12/h3-9,13-16H,1,10H2,2H3,(H,22,23)/t13-,14+,15-,16+,19-/m0/s1. The van der Waals surface area contributed by atoms with Crippen molar-refractivity contribution in [2.45, 2.75) is 31.1 Å². The maximum Gasteiger partial charge on any atom is 0.310 e. The summed E-state index contributed by atoms with van der Waals surface area (Å²) in [5.41, 5.74) is 0.824. The van der Waals surface area contributed by atoms with Crippen LogP contribution in [0.2, 0.25) is 0 Å². The highest BCUT2D eigenvalue weighted by atomic mass is 16.5. The highest BCUT2D eigenvalue weighted by Gasteiger charge is 2.71. The van der Waals surface area contributed by atoms with Gasteiger partial charge in [-0.25, -0.2) is 0 Å². The second-order valence-electron chi connectivity index (χ2n) is 6.86. The number of amides is 1. The molecular formula is C19H19NO4. The third-order valence-corrected chi connectivity index (χ3v) is 5.28. The van der Waals surface area contributed by atoms with Gasteiger partial charge in [0.25, 0.3) is 0 Å². The van der Waals surface area contributed by atoms with Crippen LogP contribution in [0.15, 0.2) is 54.6 Å². The molecule has 0 aromatic heterocycles.